The third-order valence-corrected chi connectivity index (χ3v) is 2.18. The van der Waals surface area contributed by atoms with Crippen molar-refractivity contribution in [3.05, 3.63) is 11.5 Å². The van der Waals surface area contributed by atoms with Crippen molar-refractivity contribution in [1.82, 2.24) is 5.32 Å². The van der Waals surface area contributed by atoms with Crippen LogP contribution in [0.25, 0.3) is 0 Å². The molecular formula is C13H22BNO4. The van der Waals surface area contributed by atoms with E-state index in [-0.39, 0.29) is 11.4 Å². The third kappa shape index (κ3) is 7.54. The molecule has 0 aliphatic heterocycles. The zero-order valence-corrected chi connectivity index (χ0v) is 12.4. The SMILES string of the molecule is [B]/C(=C\C(NC(=O)OC(C)(C)C)C(C)C)C(=O)OC. The summed E-state index contributed by atoms with van der Waals surface area (Å²) in [4.78, 5) is 22.9. The maximum absolute atomic E-state index is 11.7. The average Bonchev–Trinajstić information content (AvgIpc) is 2.24. The number of methoxy groups -OCH3 is 1. The van der Waals surface area contributed by atoms with Gasteiger partial charge in [-0.1, -0.05) is 19.9 Å². The Labute approximate surface area is 116 Å². The summed E-state index contributed by atoms with van der Waals surface area (Å²) in [5.74, 6) is -0.577. The summed E-state index contributed by atoms with van der Waals surface area (Å²) < 4.78 is 9.65. The van der Waals surface area contributed by atoms with Crippen LogP contribution in [0.1, 0.15) is 34.6 Å². The molecule has 2 radical (unpaired) electrons. The number of hydrogen-bond acceptors (Lipinski definition) is 4. The first-order valence-corrected chi connectivity index (χ1v) is 6.12. The van der Waals surface area contributed by atoms with Crippen LogP contribution in [0.2, 0.25) is 0 Å². The molecule has 0 spiro atoms. The first kappa shape index (κ1) is 17.5. The van der Waals surface area contributed by atoms with Gasteiger partial charge in [0.2, 0.25) is 0 Å². The monoisotopic (exact) mass is 267 g/mol. The number of amides is 1. The molecule has 0 aromatic carbocycles. The highest BCUT2D eigenvalue weighted by Crippen LogP contribution is 2.10. The fraction of sp³-hybridized carbons (Fsp3) is 0.692. The van der Waals surface area contributed by atoms with Crippen LogP contribution in [0.3, 0.4) is 0 Å². The van der Waals surface area contributed by atoms with E-state index < -0.39 is 23.7 Å². The van der Waals surface area contributed by atoms with Gasteiger partial charge in [-0.05, 0) is 32.2 Å². The Morgan fingerprint density at radius 1 is 1.26 bits per heavy atom. The van der Waals surface area contributed by atoms with E-state index in [4.69, 9.17) is 12.6 Å². The van der Waals surface area contributed by atoms with Crippen LogP contribution in [0.5, 0.6) is 0 Å². The van der Waals surface area contributed by atoms with E-state index in [1.165, 1.54) is 13.2 Å². The van der Waals surface area contributed by atoms with Crippen LogP contribution in [0, 0.1) is 5.92 Å². The van der Waals surface area contributed by atoms with Gasteiger partial charge in [-0.15, -0.1) is 0 Å². The fourth-order valence-electron chi connectivity index (χ4n) is 1.22. The van der Waals surface area contributed by atoms with Crippen molar-refractivity contribution in [3.8, 4) is 0 Å². The van der Waals surface area contributed by atoms with Gasteiger partial charge < -0.3 is 14.8 Å². The van der Waals surface area contributed by atoms with Crippen LogP contribution in [0.4, 0.5) is 4.79 Å². The number of esters is 1. The molecule has 0 bridgehead atoms. The summed E-state index contributed by atoms with van der Waals surface area (Å²) in [6.07, 6.45) is 0.903. The van der Waals surface area contributed by atoms with E-state index in [0.717, 1.165) is 0 Å². The Balaban J connectivity index is 4.77. The van der Waals surface area contributed by atoms with Gasteiger partial charge in [-0.2, -0.15) is 0 Å². The summed E-state index contributed by atoms with van der Waals surface area (Å²) >= 11 is 0. The molecule has 0 aromatic heterocycles. The number of rotatable bonds is 4. The van der Waals surface area contributed by atoms with Crippen molar-refractivity contribution in [2.24, 2.45) is 5.92 Å². The van der Waals surface area contributed by atoms with Crippen LogP contribution in [-0.2, 0) is 14.3 Å². The molecule has 1 amide bonds. The predicted molar refractivity (Wildman–Crippen MR) is 73.8 cm³/mol. The highest BCUT2D eigenvalue weighted by Gasteiger charge is 2.20. The highest BCUT2D eigenvalue weighted by molar-refractivity contribution is 6.35. The highest BCUT2D eigenvalue weighted by atomic mass is 16.6. The maximum atomic E-state index is 11.7. The first-order chi connectivity index (χ1) is 8.56. The molecule has 5 nitrogen and oxygen atoms in total. The Morgan fingerprint density at radius 2 is 1.79 bits per heavy atom. The van der Waals surface area contributed by atoms with Crippen molar-refractivity contribution in [2.45, 2.75) is 46.3 Å². The van der Waals surface area contributed by atoms with Crippen LogP contribution in [0.15, 0.2) is 11.5 Å². The predicted octanol–water partition coefficient (Wildman–Crippen LogP) is 1.76. The Kier molecular flexibility index (Phi) is 6.66. The van der Waals surface area contributed by atoms with Gasteiger partial charge in [0.05, 0.1) is 13.2 Å². The van der Waals surface area contributed by atoms with Gasteiger partial charge in [-0.25, -0.2) is 9.59 Å². The van der Waals surface area contributed by atoms with Gasteiger partial charge in [0.15, 0.2) is 0 Å². The molecule has 0 aliphatic rings. The van der Waals surface area contributed by atoms with Gasteiger partial charge in [0, 0.05) is 0 Å². The standard InChI is InChI=1S/C13H22BNO4/c1-8(2)10(7-9(14)11(16)18-6)15-12(17)19-13(3,4)5/h7-8,10H,1-6H3,(H,15,17)/b9-7-. The van der Waals surface area contributed by atoms with Crippen molar-refractivity contribution >= 4 is 19.9 Å². The number of ether oxygens (including phenoxy) is 2. The molecule has 6 heteroatoms. The lowest BCUT2D eigenvalue weighted by atomic mass is 9.90. The number of alkyl carbamates (subject to hydrolysis) is 1. The minimum Gasteiger partial charge on any atom is -0.466 e. The summed E-state index contributed by atoms with van der Waals surface area (Å²) in [7, 11) is 6.81. The van der Waals surface area contributed by atoms with Crippen molar-refractivity contribution in [3.63, 3.8) is 0 Å². The Bertz CT molecular complexity index is 358. The second kappa shape index (κ2) is 7.21. The molecule has 0 rings (SSSR count). The summed E-state index contributed by atoms with van der Waals surface area (Å²) in [6.45, 7) is 9.10. The molecule has 0 saturated heterocycles. The average molecular weight is 267 g/mol. The van der Waals surface area contributed by atoms with Gasteiger partial charge in [0.25, 0.3) is 0 Å². The smallest absolute Gasteiger partial charge is 0.408 e. The Morgan fingerprint density at radius 3 is 2.16 bits per heavy atom. The van der Waals surface area contributed by atoms with Crippen molar-refractivity contribution in [2.75, 3.05) is 7.11 Å². The van der Waals surface area contributed by atoms with Gasteiger partial charge >= 0.3 is 12.1 Å². The van der Waals surface area contributed by atoms with Gasteiger partial charge in [-0.3, -0.25) is 0 Å². The molecule has 106 valence electrons. The van der Waals surface area contributed by atoms with E-state index in [1.807, 2.05) is 13.8 Å². The molecule has 0 aromatic rings. The quantitative estimate of drug-likeness (QED) is 0.479. The van der Waals surface area contributed by atoms with E-state index >= 15 is 0 Å². The number of carbonyl (C=O) groups excluding carboxylic acids is 2. The second-order valence-corrected chi connectivity index (χ2v) is 5.53. The fourth-order valence-corrected chi connectivity index (χ4v) is 1.22. The number of nitrogens with one attached hydrogen (secondary N) is 1. The maximum Gasteiger partial charge on any atom is 0.408 e. The third-order valence-electron chi connectivity index (χ3n) is 2.18. The van der Waals surface area contributed by atoms with E-state index in [1.54, 1.807) is 20.8 Å². The lowest BCUT2D eigenvalue weighted by Gasteiger charge is -2.24. The van der Waals surface area contributed by atoms with Crippen molar-refractivity contribution in [1.29, 1.82) is 0 Å². The summed E-state index contributed by atoms with van der Waals surface area (Å²) in [5.41, 5.74) is -0.624. The minimum atomic E-state index is -0.628. The first-order valence-electron chi connectivity index (χ1n) is 6.12. The normalized spacial score (nSPS) is 13.9. The van der Waals surface area contributed by atoms with Crippen molar-refractivity contribution < 1.29 is 19.1 Å². The minimum absolute atomic E-state index is 0.0442. The summed E-state index contributed by atoms with van der Waals surface area (Å²) in [5, 5.41) is 2.66. The molecular weight excluding hydrogens is 245 g/mol. The molecule has 0 saturated carbocycles. The molecule has 19 heavy (non-hydrogen) atoms. The number of hydrogen-bond donors (Lipinski definition) is 1. The second-order valence-electron chi connectivity index (χ2n) is 5.53. The zero-order valence-electron chi connectivity index (χ0n) is 12.4. The van der Waals surface area contributed by atoms with Gasteiger partial charge in [0.1, 0.15) is 13.4 Å². The zero-order chi connectivity index (χ0) is 15.2. The topological polar surface area (TPSA) is 64.6 Å². The number of carbonyl (C=O) groups is 2. The lowest BCUT2D eigenvalue weighted by Crippen LogP contribution is -2.41. The molecule has 1 N–H and O–H groups in total. The van der Waals surface area contributed by atoms with Crippen LogP contribution in [-0.4, -0.2) is 38.7 Å². The molecule has 0 fully saturated rings. The molecule has 1 unspecified atom stereocenters. The van der Waals surface area contributed by atoms with E-state index in [9.17, 15) is 9.59 Å². The molecule has 0 heterocycles. The van der Waals surface area contributed by atoms with E-state index in [2.05, 4.69) is 10.1 Å². The van der Waals surface area contributed by atoms with Crippen LogP contribution < -0.4 is 5.32 Å². The summed E-state index contributed by atoms with van der Waals surface area (Å²) in [6, 6.07) is -0.408. The molecule has 0 aliphatic carbocycles. The Hall–Kier alpha value is -1.46. The lowest BCUT2D eigenvalue weighted by molar-refractivity contribution is -0.135. The van der Waals surface area contributed by atoms with E-state index in [0.29, 0.717) is 0 Å². The largest absolute Gasteiger partial charge is 0.466 e. The van der Waals surface area contributed by atoms with Crippen LogP contribution >= 0.6 is 0 Å². The molecule has 1 atom stereocenters.